The number of quaternary nitrogens is 1. The molecule has 1 aliphatic rings. The summed E-state index contributed by atoms with van der Waals surface area (Å²) in [4.78, 5) is 25.6. The van der Waals surface area contributed by atoms with Crippen LogP contribution < -0.4 is 10.2 Å². The number of benzene rings is 3. The van der Waals surface area contributed by atoms with Crippen LogP contribution in [0.1, 0.15) is 44.3 Å². The Balaban J connectivity index is 1.38. The van der Waals surface area contributed by atoms with E-state index in [1.54, 1.807) is 29.2 Å². The number of Topliss-reactive ketones (excluding diaryl/α,β-unsaturated/α-hetero) is 1. The van der Waals surface area contributed by atoms with Gasteiger partial charge in [-0.3, -0.25) is 9.59 Å². The second-order valence-corrected chi connectivity index (χ2v) is 7.66. The maximum absolute atomic E-state index is 12.5. The first-order chi connectivity index (χ1) is 14.1. The van der Waals surface area contributed by atoms with Crippen molar-refractivity contribution >= 4 is 17.4 Å². The quantitative estimate of drug-likeness (QED) is 0.662. The number of fused-ring (bicyclic) bond motifs is 1. The van der Waals surface area contributed by atoms with Crippen molar-refractivity contribution in [1.82, 2.24) is 0 Å². The van der Waals surface area contributed by atoms with Crippen LogP contribution in [0.2, 0.25) is 0 Å². The van der Waals surface area contributed by atoms with E-state index in [1.165, 1.54) is 23.6 Å². The number of ketones is 1. The van der Waals surface area contributed by atoms with Gasteiger partial charge in [0.15, 0.2) is 5.78 Å². The molecule has 3 aromatic rings. The lowest BCUT2D eigenvalue weighted by Crippen LogP contribution is -3.10. The molecule has 29 heavy (non-hydrogen) atoms. The third kappa shape index (κ3) is 4.61. The predicted octanol–water partition coefficient (Wildman–Crippen LogP) is 3.28. The summed E-state index contributed by atoms with van der Waals surface area (Å²) in [5.74, 6) is -0.190. The zero-order chi connectivity index (χ0) is 20.2. The normalized spacial score (nSPS) is 15.4. The highest BCUT2D eigenvalue weighted by Gasteiger charge is 2.19. The second-order valence-electron chi connectivity index (χ2n) is 7.66. The van der Waals surface area contributed by atoms with Crippen molar-refractivity contribution in [1.29, 1.82) is 0 Å². The van der Waals surface area contributed by atoms with Crippen LogP contribution >= 0.6 is 0 Å². The minimum absolute atomic E-state index is 0.0201. The number of hydrogen-bond donors (Lipinski definition) is 2. The van der Waals surface area contributed by atoms with Gasteiger partial charge in [0.2, 0.25) is 0 Å². The van der Waals surface area contributed by atoms with Crippen LogP contribution in [-0.2, 0) is 19.5 Å². The molecule has 0 saturated carbocycles. The highest BCUT2D eigenvalue weighted by molar-refractivity contribution is 6.05. The van der Waals surface area contributed by atoms with E-state index in [0.717, 1.165) is 26.1 Å². The summed E-state index contributed by atoms with van der Waals surface area (Å²) >= 11 is 0. The molecule has 1 unspecified atom stereocenters. The lowest BCUT2D eigenvalue weighted by atomic mass is 9.99. The van der Waals surface area contributed by atoms with Gasteiger partial charge in [-0.25, -0.2) is 0 Å². The number of hydrogen-bond acceptors (Lipinski definition) is 2. The van der Waals surface area contributed by atoms with Crippen LogP contribution in [-0.4, -0.2) is 18.2 Å². The molecular weight excluding hydrogens is 360 g/mol. The smallest absolute Gasteiger partial charge is 0.255 e. The second kappa shape index (κ2) is 8.41. The molecule has 0 bridgehead atoms. The molecule has 4 rings (SSSR count). The molecule has 0 spiro atoms. The van der Waals surface area contributed by atoms with Crippen LogP contribution in [0, 0.1) is 0 Å². The third-order valence-corrected chi connectivity index (χ3v) is 5.50. The highest BCUT2D eigenvalue weighted by Crippen LogP contribution is 2.14. The summed E-state index contributed by atoms with van der Waals surface area (Å²) in [5, 5.41) is 2.87. The molecule has 0 fully saturated rings. The lowest BCUT2D eigenvalue weighted by Gasteiger charge is -2.26. The minimum atomic E-state index is -0.170. The molecule has 1 atom stereocenters. The van der Waals surface area contributed by atoms with Gasteiger partial charge >= 0.3 is 0 Å². The molecule has 0 aliphatic carbocycles. The van der Waals surface area contributed by atoms with Crippen LogP contribution in [0.3, 0.4) is 0 Å². The van der Waals surface area contributed by atoms with E-state index in [4.69, 9.17) is 0 Å². The van der Waals surface area contributed by atoms with Crippen molar-refractivity contribution in [3.05, 3.63) is 101 Å². The van der Waals surface area contributed by atoms with Gasteiger partial charge in [-0.05, 0) is 36.8 Å². The molecule has 1 amide bonds. The Labute approximate surface area is 171 Å². The van der Waals surface area contributed by atoms with E-state index in [1.807, 2.05) is 24.3 Å². The lowest BCUT2D eigenvalue weighted by molar-refractivity contribution is -0.929. The molecular formula is C25H25N2O2+. The zero-order valence-electron chi connectivity index (χ0n) is 16.6. The van der Waals surface area contributed by atoms with Gasteiger partial charge in [0.25, 0.3) is 5.91 Å². The van der Waals surface area contributed by atoms with Crippen molar-refractivity contribution in [2.45, 2.75) is 26.4 Å². The standard InChI is InChI=1S/C25H24N2O2/c1-18(28)22-7-4-8-24(15-22)26-25(29)21-11-9-19(10-12-21)16-27-14-13-20-5-2-3-6-23(20)17-27/h2-12,15H,13-14,16-17H2,1H3,(H,26,29)/p+1. The molecule has 0 saturated heterocycles. The average Bonchev–Trinajstić information content (AvgIpc) is 2.74. The first-order valence-corrected chi connectivity index (χ1v) is 10.00. The van der Waals surface area contributed by atoms with E-state index in [0.29, 0.717) is 16.8 Å². The first-order valence-electron chi connectivity index (χ1n) is 10.00. The van der Waals surface area contributed by atoms with E-state index in [-0.39, 0.29) is 11.7 Å². The Hall–Kier alpha value is -3.24. The number of rotatable bonds is 5. The van der Waals surface area contributed by atoms with Gasteiger partial charge < -0.3 is 10.2 Å². The van der Waals surface area contributed by atoms with Crippen LogP contribution in [0.15, 0.2) is 72.8 Å². The largest absolute Gasteiger partial charge is 0.327 e. The van der Waals surface area contributed by atoms with E-state index < -0.39 is 0 Å². The fourth-order valence-corrected chi connectivity index (χ4v) is 3.88. The Bertz CT molecular complexity index is 1040. The SMILES string of the molecule is CC(=O)c1cccc(NC(=O)c2ccc(C[NH+]3CCc4ccccc4C3)cc2)c1. The van der Waals surface area contributed by atoms with Crippen molar-refractivity contribution in [3.8, 4) is 0 Å². The number of amides is 1. The molecule has 146 valence electrons. The molecule has 2 N–H and O–H groups in total. The zero-order valence-corrected chi connectivity index (χ0v) is 16.6. The maximum atomic E-state index is 12.5. The van der Waals surface area contributed by atoms with Gasteiger partial charge in [-0.1, -0.05) is 48.5 Å². The van der Waals surface area contributed by atoms with Crippen LogP contribution in [0.5, 0.6) is 0 Å². The van der Waals surface area contributed by atoms with E-state index in [2.05, 4.69) is 29.6 Å². The Morgan fingerprint density at radius 3 is 2.41 bits per heavy atom. The Morgan fingerprint density at radius 1 is 0.897 bits per heavy atom. The topological polar surface area (TPSA) is 50.6 Å². The third-order valence-electron chi connectivity index (χ3n) is 5.50. The molecule has 0 aromatic heterocycles. The monoisotopic (exact) mass is 385 g/mol. The van der Waals surface area contributed by atoms with Crippen LogP contribution in [0.4, 0.5) is 5.69 Å². The highest BCUT2D eigenvalue weighted by atomic mass is 16.1. The van der Waals surface area contributed by atoms with Crippen molar-refractivity contribution in [2.75, 3.05) is 11.9 Å². The van der Waals surface area contributed by atoms with E-state index in [9.17, 15) is 9.59 Å². The molecule has 4 heteroatoms. The van der Waals surface area contributed by atoms with Gasteiger partial charge in [-0.15, -0.1) is 0 Å². The number of carbonyl (C=O) groups excluding carboxylic acids is 2. The maximum Gasteiger partial charge on any atom is 0.255 e. The Kier molecular flexibility index (Phi) is 5.54. The predicted molar refractivity (Wildman–Crippen MR) is 114 cm³/mol. The fraction of sp³-hybridized carbons (Fsp3) is 0.200. The van der Waals surface area contributed by atoms with E-state index >= 15 is 0 Å². The summed E-state index contributed by atoms with van der Waals surface area (Å²) in [6.07, 6.45) is 1.12. The number of carbonyl (C=O) groups is 2. The number of anilines is 1. The Morgan fingerprint density at radius 2 is 1.66 bits per heavy atom. The first kappa shape index (κ1) is 19.1. The molecule has 1 heterocycles. The molecule has 4 nitrogen and oxygen atoms in total. The van der Waals surface area contributed by atoms with Crippen molar-refractivity contribution < 1.29 is 14.5 Å². The summed E-state index contributed by atoms with van der Waals surface area (Å²) in [7, 11) is 0. The summed E-state index contributed by atoms with van der Waals surface area (Å²) in [6.45, 7) is 4.65. The number of nitrogens with one attached hydrogen (secondary N) is 2. The summed E-state index contributed by atoms with van der Waals surface area (Å²) in [6, 6.07) is 23.5. The van der Waals surface area contributed by atoms with Gasteiger partial charge in [0.05, 0.1) is 6.54 Å². The summed E-state index contributed by atoms with van der Waals surface area (Å²) in [5.41, 5.74) is 5.97. The van der Waals surface area contributed by atoms with Gasteiger partial charge in [0, 0.05) is 34.4 Å². The van der Waals surface area contributed by atoms with Crippen molar-refractivity contribution in [2.24, 2.45) is 0 Å². The minimum Gasteiger partial charge on any atom is -0.327 e. The van der Waals surface area contributed by atoms with Gasteiger partial charge in [0.1, 0.15) is 13.1 Å². The molecule has 1 aliphatic heterocycles. The van der Waals surface area contributed by atoms with Crippen molar-refractivity contribution in [3.63, 3.8) is 0 Å². The molecule has 3 aromatic carbocycles. The summed E-state index contributed by atoms with van der Waals surface area (Å²) < 4.78 is 0. The van der Waals surface area contributed by atoms with Crippen LogP contribution in [0.25, 0.3) is 0 Å². The average molecular weight is 385 g/mol. The fourth-order valence-electron chi connectivity index (χ4n) is 3.88. The van der Waals surface area contributed by atoms with Gasteiger partial charge in [-0.2, -0.15) is 0 Å². The molecule has 0 radical (unpaired) electrons.